The van der Waals surface area contributed by atoms with Gasteiger partial charge in [-0.3, -0.25) is 9.69 Å². The van der Waals surface area contributed by atoms with Crippen LogP contribution in [0.15, 0.2) is 24.3 Å². The summed E-state index contributed by atoms with van der Waals surface area (Å²) >= 11 is 5.99. The predicted molar refractivity (Wildman–Crippen MR) is 79.5 cm³/mol. The van der Waals surface area contributed by atoms with E-state index in [9.17, 15) is 9.90 Å². The topological polar surface area (TPSA) is 43.8 Å². The van der Waals surface area contributed by atoms with Crippen molar-refractivity contribution in [2.75, 3.05) is 33.8 Å². The van der Waals surface area contributed by atoms with E-state index in [1.165, 1.54) is 0 Å². The molecular formula is C15H21ClN2O2. The summed E-state index contributed by atoms with van der Waals surface area (Å²) in [6.07, 6.45) is 0. The smallest absolute Gasteiger partial charge is 0.226 e. The van der Waals surface area contributed by atoms with Crippen LogP contribution in [0.4, 0.5) is 0 Å². The fourth-order valence-electron chi connectivity index (χ4n) is 2.78. The highest BCUT2D eigenvalue weighted by atomic mass is 35.5. The Morgan fingerprint density at radius 2 is 2.20 bits per heavy atom. The van der Waals surface area contributed by atoms with E-state index in [0.717, 1.165) is 23.7 Å². The van der Waals surface area contributed by atoms with Crippen LogP contribution in [0.1, 0.15) is 5.56 Å². The molecule has 1 saturated heterocycles. The normalized spacial score (nSPS) is 23.0. The lowest BCUT2D eigenvalue weighted by Gasteiger charge is -2.20. The number of carbonyl (C=O) groups is 1. The zero-order chi connectivity index (χ0) is 14.7. The number of hydrogen-bond donors (Lipinski definition) is 1. The maximum atomic E-state index is 12.1. The van der Waals surface area contributed by atoms with E-state index >= 15 is 0 Å². The Balaban J connectivity index is 2.03. The van der Waals surface area contributed by atoms with E-state index in [0.29, 0.717) is 6.54 Å². The summed E-state index contributed by atoms with van der Waals surface area (Å²) in [5.74, 6) is -0.00378. The van der Waals surface area contributed by atoms with Gasteiger partial charge in [-0.15, -0.1) is 0 Å². The molecule has 1 N–H and O–H groups in total. The molecular weight excluding hydrogens is 276 g/mol. The molecule has 20 heavy (non-hydrogen) atoms. The van der Waals surface area contributed by atoms with Gasteiger partial charge in [0.25, 0.3) is 0 Å². The molecule has 1 amide bonds. The average Bonchev–Trinajstić information content (AvgIpc) is 2.80. The number of aliphatic hydroxyl groups is 1. The molecule has 1 heterocycles. The number of halogens is 1. The molecule has 2 rings (SSSR count). The fourth-order valence-corrected chi connectivity index (χ4v) is 2.99. The molecule has 5 heteroatoms. The summed E-state index contributed by atoms with van der Waals surface area (Å²) in [5.41, 5.74) is 1.13. The molecule has 4 nitrogen and oxygen atoms in total. The van der Waals surface area contributed by atoms with Gasteiger partial charge in [0.15, 0.2) is 0 Å². The molecule has 1 aliphatic heterocycles. The van der Waals surface area contributed by atoms with Crippen molar-refractivity contribution in [3.05, 3.63) is 34.9 Å². The molecule has 1 fully saturated rings. The minimum absolute atomic E-state index is 0.0177. The Bertz CT molecular complexity index is 479. The van der Waals surface area contributed by atoms with Crippen LogP contribution in [-0.4, -0.2) is 54.6 Å². The molecule has 0 aromatic heterocycles. The van der Waals surface area contributed by atoms with Crippen LogP contribution < -0.4 is 0 Å². The summed E-state index contributed by atoms with van der Waals surface area (Å²) in [6, 6.07) is 7.75. The third kappa shape index (κ3) is 3.51. The second kappa shape index (κ2) is 6.57. The van der Waals surface area contributed by atoms with Gasteiger partial charge in [0.2, 0.25) is 5.91 Å². The molecule has 0 unspecified atom stereocenters. The van der Waals surface area contributed by atoms with Gasteiger partial charge in [-0.2, -0.15) is 0 Å². The van der Waals surface area contributed by atoms with Crippen molar-refractivity contribution in [2.45, 2.75) is 6.54 Å². The van der Waals surface area contributed by atoms with E-state index < -0.39 is 0 Å². The molecule has 0 bridgehead atoms. The van der Waals surface area contributed by atoms with E-state index in [1.54, 1.807) is 19.0 Å². The highest BCUT2D eigenvalue weighted by Crippen LogP contribution is 2.26. The molecule has 2 atom stereocenters. The minimum atomic E-state index is -0.116. The Morgan fingerprint density at radius 1 is 1.45 bits per heavy atom. The van der Waals surface area contributed by atoms with Crippen LogP contribution in [0.5, 0.6) is 0 Å². The zero-order valence-electron chi connectivity index (χ0n) is 11.9. The van der Waals surface area contributed by atoms with Crippen molar-refractivity contribution in [1.29, 1.82) is 0 Å². The van der Waals surface area contributed by atoms with Gasteiger partial charge in [0.05, 0.1) is 5.92 Å². The predicted octanol–water partition coefficient (Wildman–Crippen LogP) is 1.47. The summed E-state index contributed by atoms with van der Waals surface area (Å²) in [4.78, 5) is 15.9. The number of rotatable bonds is 4. The van der Waals surface area contributed by atoms with E-state index in [1.807, 2.05) is 24.3 Å². The number of carbonyl (C=O) groups excluding carboxylic acids is 1. The summed E-state index contributed by atoms with van der Waals surface area (Å²) in [6.45, 7) is 2.24. The first-order valence-corrected chi connectivity index (χ1v) is 7.18. The van der Waals surface area contributed by atoms with Crippen molar-refractivity contribution >= 4 is 17.5 Å². The first kappa shape index (κ1) is 15.3. The van der Waals surface area contributed by atoms with Crippen LogP contribution in [0, 0.1) is 11.8 Å². The third-order valence-corrected chi connectivity index (χ3v) is 4.04. The summed E-state index contributed by atoms with van der Waals surface area (Å²) < 4.78 is 0. The Hall–Kier alpha value is -1.10. The number of amides is 1. The molecule has 0 saturated carbocycles. The van der Waals surface area contributed by atoms with Gasteiger partial charge in [-0.25, -0.2) is 0 Å². The number of aliphatic hydroxyl groups excluding tert-OH is 1. The average molecular weight is 297 g/mol. The first-order valence-electron chi connectivity index (χ1n) is 6.80. The van der Waals surface area contributed by atoms with Gasteiger partial charge in [0.1, 0.15) is 0 Å². The minimum Gasteiger partial charge on any atom is -0.396 e. The summed E-state index contributed by atoms with van der Waals surface area (Å²) in [5, 5.41) is 10.2. The number of hydrogen-bond acceptors (Lipinski definition) is 3. The van der Waals surface area contributed by atoms with E-state index in [2.05, 4.69) is 4.90 Å². The SMILES string of the molecule is CN(C)C(=O)[C@@H]1CN(Cc2cccc(Cl)c2)C[C@H]1CO. The molecule has 1 aromatic carbocycles. The lowest BCUT2D eigenvalue weighted by molar-refractivity contribution is -0.134. The lowest BCUT2D eigenvalue weighted by atomic mass is 9.96. The largest absolute Gasteiger partial charge is 0.396 e. The lowest BCUT2D eigenvalue weighted by Crippen LogP contribution is -2.35. The van der Waals surface area contributed by atoms with Crippen LogP contribution in [0.25, 0.3) is 0 Å². The maximum Gasteiger partial charge on any atom is 0.226 e. The fraction of sp³-hybridized carbons (Fsp3) is 0.533. The van der Waals surface area contributed by atoms with E-state index in [4.69, 9.17) is 11.6 Å². The van der Waals surface area contributed by atoms with Crippen molar-refractivity contribution in [3.63, 3.8) is 0 Å². The monoisotopic (exact) mass is 296 g/mol. The Morgan fingerprint density at radius 3 is 2.80 bits per heavy atom. The third-order valence-electron chi connectivity index (χ3n) is 3.80. The van der Waals surface area contributed by atoms with Gasteiger partial charge < -0.3 is 10.0 Å². The van der Waals surface area contributed by atoms with Crippen LogP contribution in [0.3, 0.4) is 0 Å². The molecule has 1 aromatic rings. The zero-order valence-corrected chi connectivity index (χ0v) is 12.7. The standard InChI is InChI=1S/C15H21ClN2O2/c1-17(2)15(20)14-9-18(8-12(14)10-19)7-11-4-3-5-13(16)6-11/h3-6,12,14,19H,7-10H2,1-2H3/t12-,14+/m0/s1. The summed E-state index contributed by atoms with van der Waals surface area (Å²) in [7, 11) is 3.52. The van der Waals surface area contributed by atoms with Crippen molar-refractivity contribution in [1.82, 2.24) is 9.80 Å². The first-order chi connectivity index (χ1) is 9.51. The Kier molecular flexibility index (Phi) is 5.02. The van der Waals surface area contributed by atoms with Crippen LogP contribution in [-0.2, 0) is 11.3 Å². The number of likely N-dealkylation sites (tertiary alicyclic amines) is 1. The quantitative estimate of drug-likeness (QED) is 0.915. The van der Waals surface area contributed by atoms with Crippen molar-refractivity contribution in [3.8, 4) is 0 Å². The number of benzene rings is 1. The van der Waals surface area contributed by atoms with Crippen LogP contribution in [0.2, 0.25) is 5.02 Å². The van der Waals surface area contributed by atoms with Crippen molar-refractivity contribution in [2.24, 2.45) is 11.8 Å². The van der Waals surface area contributed by atoms with E-state index in [-0.39, 0.29) is 24.3 Å². The molecule has 0 aliphatic carbocycles. The second-order valence-corrected chi connectivity index (χ2v) is 6.04. The molecule has 110 valence electrons. The van der Waals surface area contributed by atoms with Gasteiger partial charge >= 0.3 is 0 Å². The number of nitrogens with zero attached hydrogens (tertiary/aromatic N) is 2. The highest BCUT2D eigenvalue weighted by Gasteiger charge is 2.37. The Labute approximate surface area is 124 Å². The van der Waals surface area contributed by atoms with Crippen molar-refractivity contribution < 1.29 is 9.90 Å². The highest BCUT2D eigenvalue weighted by molar-refractivity contribution is 6.30. The molecule has 0 spiro atoms. The molecule has 0 radical (unpaired) electrons. The van der Waals surface area contributed by atoms with Gasteiger partial charge in [0, 0.05) is 51.3 Å². The van der Waals surface area contributed by atoms with Gasteiger partial charge in [-0.05, 0) is 17.7 Å². The second-order valence-electron chi connectivity index (χ2n) is 5.61. The molecule has 1 aliphatic rings. The van der Waals surface area contributed by atoms with Gasteiger partial charge in [-0.1, -0.05) is 23.7 Å². The van der Waals surface area contributed by atoms with Crippen LogP contribution >= 0.6 is 11.6 Å². The maximum absolute atomic E-state index is 12.1.